The van der Waals surface area contributed by atoms with Crippen LogP contribution in [0.1, 0.15) is 16.1 Å². The molecule has 7 aromatic rings. The van der Waals surface area contributed by atoms with Crippen LogP contribution in [0.15, 0.2) is 84.9 Å². The number of tetrazole rings is 2. The number of benzene rings is 4. The Morgan fingerprint density at radius 2 is 1.59 bits per heavy atom. The fraction of sp³-hybridized carbons (Fsp3) is 0.0333. The van der Waals surface area contributed by atoms with Crippen molar-refractivity contribution in [1.82, 2.24) is 51.2 Å². The number of carbonyl (C=O) groups excluding carboxylic acids is 1. The maximum Gasteiger partial charge on any atom is 0.279 e. The van der Waals surface area contributed by atoms with Gasteiger partial charge < -0.3 is 20.5 Å². The second-order valence-corrected chi connectivity index (χ2v) is 9.74. The number of ether oxygens (including phenoxy) is 2. The molecule has 4 aromatic carbocycles. The summed E-state index contributed by atoms with van der Waals surface area (Å²) in [6.45, 7) is -0.0468. The highest BCUT2D eigenvalue weighted by atomic mass is 19.1. The highest BCUT2D eigenvalue weighted by molar-refractivity contribution is 6.05. The number of aromatic amines is 2. The van der Waals surface area contributed by atoms with Crippen molar-refractivity contribution in [2.24, 2.45) is 0 Å². The third-order valence-electron chi connectivity index (χ3n) is 6.78. The Labute approximate surface area is 258 Å². The molecule has 1 amide bonds. The maximum atomic E-state index is 15.3. The van der Waals surface area contributed by atoms with E-state index < -0.39 is 11.7 Å². The maximum absolute atomic E-state index is 15.3. The van der Waals surface area contributed by atoms with E-state index in [9.17, 15) is 4.79 Å². The van der Waals surface area contributed by atoms with E-state index in [1.807, 2.05) is 0 Å². The largest absolute Gasteiger partial charge is 0.484 e. The monoisotopic (exact) mass is 616 g/mol. The van der Waals surface area contributed by atoms with E-state index in [-0.39, 0.29) is 41.1 Å². The van der Waals surface area contributed by atoms with Gasteiger partial charge in [-0.15, -0.1) is 10.2 Å². The molecule has 0 saturated heterocycles. The number of amides is 1. The number of aromatic nitrogens is 10. The molecule has 0 aliphatic rings. The number of fused-ring (bicyclic) bond motifs is 1. The summed E-state index contributed by atoms with van der Waals surface area (Å²) in [5, 5.41) is 30.1. The van der Waals surface area contributed by atoms with Gasteiger partial charge in [-0.1, -0.05) is 42.5 Å². The summed E-state index contributed by atoms with van der Waals surface area (Å²) in [5.74, 6) is -1.11. The summed E-state index contributed by atoms with van der Waals surface area (Å²) in [5.41, 5.74) is 8.98. The Morgan fingerprint density at radius 3 is 2.35 bits per heavy atom. The van der Waals surface area contributed by atoms with Crippen LogP contribution in [0.4, 0.5) is 15.8 Å². The van der Waals surface area contributed by atoms with E-state index >= 15 is 4.39 Å². The first kappa shape index (κ1) is 28.0. The summed E-state index contributed by atoms with van der Waals surface area (Å²) in [7, 11) is 0. The van der Waals surface area contributed by atoms with Crippen LogP contribution in [0.5, 0.6) is 17.4 Å². The van der Waals surface area contributed by atoms with E-state index in [4.69, 9.17) is 15.2 Å². The number of halogens is 1. The van der Waals surface area contributed by atoms with E-state index in [1.54, 1.807) is 72.8 Å². The molecule has 3 aromatic heterocycles. The molecule has 0 aliphatic heterocycles. The smallest absolute Gasteiger partial charge is 0.279 e. The number of nitrogens with one attached hydrogen (secondary N) is 3. The summed E-state index contributed by atoms with van der Waals surface area (Å²) in [6.07, 6.45) is 0. The van der Waals surface area contributed by atoms with Gasteiger partial charge in [0.2, 0.25) is 0 Å². The van der Waals surface area contributed by atoms with Gasteiger partial charge in [0, 0.05) is 22.5 Å². The molecule has 3 heterocycles. The van der Waals surface area contributed by atoms with Crippen LogP contribution >= 0.6 is 0 Å². The molecule has 0 atom stereocenters. The van der Waals surface area contributed by atoms with Crippen molar-refractivity contribution in [3.05, 3.63) is 102 Å². The van der Waals surface area contributed by atoms with Crippen molar-refractivity contribution in [2.45, 2.75) is 6.61 Å². The normalized spacial score (nSPS) is 11.0. The highest BCUT2D eigenvalue weighted by Crippen LogP contribution is 2.42. The zero-order chi connectivity index (χ0) is 31.5. The van der Waals surface area contributed by atoms with Crippen LogP contribution in [0.2, 0.25) is 0 Å². The average molecular weight is 617 g/mol. The number of H-pyrrole nitrogens is 2. The quantitative estimate of drug-likeness (QED) is 0.167. The van der Waals surface area contributed by atoms with Gasteiger partial charge in [-0.05, 0) is 63.3 Å². The molecule has 7 rings (SSSR count). The van der Waals surface area contributed by atoms with Crippen LogP contribution in [-0.4, -0.2) is 57.1 Å². The lowest BCUT2D eigenvalue weighted by atomic mass is 10.1. The Kier molecular flexibility index (Phi) is 7.32. The summed E-state index contributed by atoms with van der Waals surface area (Å²) >= 11 is 0. The molecule has 0 unspecified atom stereocenters. The van der Waals surface area contributed by atoms with E-state index in [0.717, 1.165) is 6.07 Å². The highest BCUT2D eigenvalue weighted by Gasteiger charge is 2.25. The van der Waals surface area contributed by atoms with Crippen LogP contribution in [0.3, 0.4) is 0 Å². The molecule has 46 heavy (non-hydrogen) atoms. The number of hydrogen-bond acceptors (Lipinski definition) is 12. The molecule has 0 aliphatic carbocycles. The molecule has 16 heteroatoms. The Bertz CT molecular complexity index is 2170. The van der Waals surface area contributed by atoms with Crippen molar-refractivity contribution >= 4 is 28.3 Å². The first-order valence-electron chi connectivity index (χ1n) is 13.7. The van der Waals surface area contributed by atoms with Crippen LogP contribution in [0.25, 0.3) is 33.8 Å². The number of nitrogens with zero attached hydrogens (tertiary/aromatic N) is 8. The summed E-state index contributed by atoms with van der Waals surface area (Å²) < 4.78 is 27.7. The molecule has 0 spiro atoms. The zero-order valence-electron chi connectivity index (χ0n) is 23.5. The van der Waals surface area contributed by atoms with E-state index in [2.05, 4.69) is 56.5 Å². The molecule has 0 radical (unpaired) electrons. The van der Waals surface area contributed by atoms with Gasteiger partial charge in [0.05, 0.1) is 11.0 Å². The standard InChI is InChI=1S/C30H21FN12O3/c31-19-12-13-23(26(24(19)28-38-42-43-39-28)45-15-17-6-1-2-9-20(17)32)46-30-25(34-21-10-3-4-11-22(21)35-30)29(44)33-18-8-5-7-16(14-18)27-36-40-41-37-27/h1-14H,15,32H2,(H,33,44)(H,36,37,40,41)(H,38,39,42,43). The lowest BCUT2D eigenvalue weighted by Gasteiger charge is -2.17. The summed E-state index contributed by atoms with van der Waals surface area (Å²) in [4.78, 5) is 22.9. The minimum Gasteiger partial charge on any atom is -0.484 e. The fourth-order valence-corrected chi connectivity index (χ4v) is 4.59. The molecular formula is C30H21FN12O3. The number of nitrogen functional groups attached to an aromatic ring is 1. The SMILES string of the molecule is Nc1ccccc1COc1c(Oc2nc3ccccc3nc2C(=O)Nc2cccc(-c3nnn[nH]3)c2)ccc(F)c1-c1nnn[nH]1. The number of rotatable bonds is 9. The molecule has 15 nitrogen and oxygen atoms in total. The Hall–Kier alpha value is -6.84. The Balaban J connectivity index is 1.29. The minimum atomic E-state index is -0.689. The van der Waals surface area contributed by atoms with Crippen molar-refractivity contribution < 1.29 is 18.7 Å². The topological polar surface area (TPSA) is 208 Å². The molecule has 5 N–H and O–H groups in total. The third-order valence-corrected chi connectivity index (χ3v) is 6.78. The van der Waals surface area contributed by atoms with Crippen molar-refractivity contribution in [1.29, 1.82) is 0 Å². The van der Waals surface area contributed by atoms with Crippen molar-refractivity contribution in [2.75, 3.05) is 11.1 Å². The first-order chi connectivity index (χ1) is 22.5. The molecule has 0 bridgehead atoms. The van der Waals surface area contributed by atoms with E-state index in [0.29, 0.717) is 39.4 Å². The van der Waals surface area contributed by atoms with Gasteiger partial charge in [-0.3, -0.25) is 4.79 Å². The van der Waals surface area contributed by atoms with Crippen LogP contribution < -0.4 is 20.5 Å². The molecule has 226 valence electrons. The average Bonchev–Trinajstić information content (AvgIpc) is 3.81. The second-order valence-electron chi connectivity index (χ2n) is 9.74. The van der Waals surface area contributed by atoms with E-state index in [1.165, 1.54) is 6.07 Å². The van der Waals surface area contributed by atoms with Crippen molar-refractivity contribution in [3.8, 4) is 40.2 Å². The van der Waals surface area contributed by atoms with Gasteiger partial charge in [-0.2, -0.15) is 0 Å². The minimum absolute atomic E-state index is 0.0108. The van der Waals surface area contributed by atoms with Crippen molar-refractivity contribution in [3.63, 3.8) is 0 Å². The van der Waals surface area contributed by atoms with Crippen LogP contribution in [-0.2, 0) is 6.61 Å². The lowest BCUT2D eigenvalue weighted by Crippen LogP contribution is -2.16. The summed E-state index contributed by atoms with van der Waals surface area (Å²) in [6, 6.07) is 23.5. The number of anilines is 2. The fourth-order valence-electron chi connectivity index (χ4n) is 4.59. The van der Waals surface area contributed by atoms with Gasteiger partial charge in [0.15, 0.2) is 28.8 Å². The molecule has 0 fully saturated rings. The molecular weight excluding hydrogens is 595 g/mol. The van der Waals surface area contributed by atoms with Crippen LogP contribution in [0, 0.1) is 5.82 Å². The number of hydrogen-bond donors (Lipinski definition) is 4. The van der Waals surface area contributed by atoms with Gasteiger partial charge in [0.25, 0.3) is 11.8 Å². The number of nitrogens with two attached hydrogens (primary N) is 1. The number of carbonyl (C=O) groups is 1. The zero-order valence-corrected chi connectivity index (χ0v) is 23.5. The third kappa shape index (κ3) is 5.60. The van der Waals surface area contributed by atoms with Gasteiger partial charge in [0.1, 0.15) is 18.0 Å². The second kappa shape index (κ2) is 12.0. The number of para-hydroxylation sites is 3. The lowest BCUT2D eigenvalue weighted by molar-refractivity contribution is 0.101. The first-order valence-corrected chi connectivity index (χ1v) is 13.7. The Morgan fingerprint density at radius 1 is 0.848 bits per heavy atom. The predicted octanol–water partition coefficient (Wildman–Crippen LogP) is 4.33. The predicted molar refractivity (Wildman–Crippen MR) is 162 cm³/mol. The molecule has 0 saturated carbocycles. The van der Waals surface area contributed by atoms with Gasteiger partial charge in [-0.25, -0.2) is 24.6 Å². The van der Waals surface area contributed by atoms with Gasteiger partial charge >= 0.3 is 0 Å².